The van der Waals surface area contributed by atoms with Gasteiger partial charge in [0.15, 0.2) is 0 Å². The van der Waals surface area contributed by atoms with E-state index in [1.54, 1.807) is 12.1 Å². The van der Waals surface area contributed by atoms with Crippen molar-refractivity contribution in [1.29, 1.82) is 0 Å². The van der Waals surface area contributed by atoms with E-state index in [2.05, 4.69) is 6.92 Å². The number of rotatable bonds is 2. The van der Waals surface area contributed by atoms with E-state index in [-0.39, 0.29) is 5.82 Å². The second-order valence-corrected chi connectivity index (χ2v) is 3.62. The molecule has 1 unspecified atom stereocenters. The summed E-state index contributed by atoms with van der Waals surface area (Å²) in [6.45, 7) is 2.12. The van der Waals surface area contributed by atoms with Gasteiger partial charge in [-0.15, -0.1) is 0 Å². The molecule has 0 saturated heterocycles. The summed E-state index contributed by atoms with van der Waals surface area (Å²) in [7, 11) is 0. The van der Waals surface area contributed by atoms with Crippen molar-refractivity contribution in [2.45, 2.75) is 32.3 Å². The Hall–Kier alpha value is -1.18. The number of benzene rings is 1. The van der Waals surface area contributed by atoms with E-state index in [9.17, 15) is 4.39 Å². The fourth-order valence-corrected chi connectivity index (χ4v) is 1.75. The largest absolute Gasteiger partial charge is 0.327 e. The molecule has 1 aliphatic rings. The Morgan fingerprint density at radius 2 is 2.07 bits per heavy atom. The van der Waals surface area contributed by atoms with Crippen molar-refractivity contribution < 1.29 is 8.82 Å². The molecule has 0 amide bonds. The highest BCUT2D eigenvalue weighted by Gasteiger charge is 2.30. The van der Waals surface area contributed by atoms with Crippen LogP contribution in [0, 0.1) is 5.82 Å². The Bertz CT molecular complexity index is 340. The van der Waals surface area contributed by atoms with Gasteiger partial charge in [0.2, 0.25) is 0 Å². The Labute approximate surface area is 83.3 Å². The first kappa shape index (κ1) is 9.38. The second kappa shape index (κ2) is 3.91. The van der Waals surface area contributed by atoms with Crippen LogP contribution >= 0.6 is 0 Å². The van der Waals surface area contributed by atoms with Gasteiger partial charge in [-0.05, 0) is 24.3 Å². The molecular weight excluding hydrogens is 179 g/mol. The van der Waals surface area contributed by atoms with Gasteiger partial charge >= 0.3 is 5.78 Å². The normalized spacial score (nSPS) is 21.0. The van der Waals surface area contributed by atoms with Crippen molar-refractivity contribution >= 4 is 5.78 Å². The SMILES string of the molecule is CCC1CCC(c2ccc(F)cc2)=[O+]1. The predicted octanol–water partition coefficient (Wildman–Crippen LogP) is 3.12. The predicted molar refractivity (Wildman–Crippen MR) is 54.0 cm³/mol. The van der Waals surface area contributed by atoms with Crippen molar-refractivity contribution in [1.82, 2.24) is 0 Å². The molecule has 74 valence electrons. The minimum absolute atomic E-state index is 0.195. The average Bonchev–Trinajstić information content (AvgIpc) is 2.67. The highest BCUT2D eigenvalue weighted by molar-refractivity contribution is 5.97. The molecule has 1 atom stereocenters. The lowest BCUT2D eigenvalue weighted by Gasteiger charge is -1.90. The topological polar surface area (TPSA) is 11.3 Å². The van der Waals surface area contributed by atoms with Crippen molar-refractivity contribution in [3.63, 3.8) is 0 Å². The highest BCUT2D eigenvalue weighted by Crippen LogP contribution is 2.19. The van der Waals surface area contributed by atoms with Gasteiger partial charge in [-0.1, -0.05) is 6.92 Å². The number of hydrogen-bond acceptors (Lipinski definition) is 0. The third kappa shape index (κ3) is 1.84. The van der Waals surface area contributed by atoms with Gasteiger partial charge in [-0.2, -0.15) is 0 Å². The molecular formula is C12H14FO+. The summed E-state index contributed by atoms with van der Waals surface area (Å²) in [5, 5.41) is 0. The quantitative estimate of drug-likeness (QED) is 0.639. The van der Waals surface area contributed by atoms with Gasteiger partial charge < -0.3 is 0 Å². The van der Waals surface area contributed by atoms with E-state index in [4.69, 9.17) is 4.42 Å². The van der Waals surface area contributed by atoms with Crippen LogP contribution in [0.2, 0.25) is 0 Å². The van der Waals surface area contributed by atoms with Crippen molar-refractivity contribution in [2.75, 3.05) is 0 Å². The maximum absolute atomic E-state index is 12.7. The molecule has 0 N–H and O–H groups in total. The summed E-state index contributed by atoms with van der Waals surface area (Å²) in [6, 6.07) is 6.52. The zero-order valence-corrected chi connectivity index (χ0v) is 8.29. The molecule has 2 rings (SSSR count). The highest BCUT2D eigenvalue weighted by atomic mass is 19.1. The molecule has 0 radical (unpaired) electrons. The number of carbonyl (C=O) groups excluding carboxylic acids is 1. The molecule has 0 spiro atoms. The Morgan fingerprint density at radius 3 is 2.64 bits per heavy atom. The molecule has 0 fully saturated rings. The van der Waals surface area contributed by atoms with E-state index in [1.807, 2.05) is 0 Å². The summed E-state index contributed by atoms with van der Waals surface area (Å²) in [6.07, 6.45) is 3.47. The van der Waals surface area contributed by atoms with Crippen LogP contribution in [-0.2, 0) is 0 Å². The van der Waals surface area contributed by atoms with Gasteiger partial charge in [0.25, 0.3) is 6.10 Å². The molecule has 1 aliphatic heterocycles. The summed E-state index contributed by atoms with van der Waals surface area (Å²) in [5.41, 5.74) is 1.02. The van der Waals surface area contributed by atoms with Gasteiger partial charge in [-0.25, -0.2) is 4.39 Å². The molecule has 2 heteroatoms. The van der Waals surface area contributed by atoms with Crippen LogP contribution in [-0.4, -0.2) is 11.9 Å². The first-order chi connectivity index (χ1) is 6.79. The van der Waals surface area contributed by atoms with Crippen molar-refractivity contribution in [2.24, 2.45) is 0 Å². The molecule has 0 aromatic heterocycles. The average molecular weight is 193 g/mol. The molecule has 1 aromatic rings. The maximum atomic E-state index is 12.7. The zero-order valence-electron chi connectivity index (χ0n) is 8.29. The number of hydrogen-bond donors (Lipinski definition) is 0. The molecule has 0 bridgehead atoms. The summed E-state index contributed by atoms with van der Waals surface area (Å²) in [4.78, 5) is 0. The van der Waals surface area contributed by atoms with Crippen LogP contribution in [0.15, 0.2) is 24.3 Å². The zero-order chi connectivity index (χ0) is 9.97. The standard InChI is InChI=1S/C12H14FO/c1-2-11-7-8-12(14-11)9-3-5-10(13)6-4-9/h3-6,11H,2,7-8H2,1H3/q+1. The van der Waals surface area contributed by atoms with Gasteiger partial charge in [0, 0.05) is 6.42 Å². The van der Waals surface area contributed by atoms with Crippen LogP contribution in [0.25, 0.3) is 0 Å². The van der Waals surface area contributed by atoms with Gasteiger partial charge in [0.05, 0.1) is 18.4 Å². The van der Waals surface area contributed by atoms with Gasteiger partial charge in [0.1, 0.15) is 5.82 Å². The molecule has 14 heavy (non-hydrogen) atoms. The smallest absolute Gasteiger partial charge is 0.255 e. The lowest BCUT2D eigenvalue weighted by atomic mass is 10.1. The van der Waals surface area contributed by atoms with Gasteiger partial charge in [-0.3, -0.25) is 4.42 Å². The maximum Gasteiger partial charge on any atom is 0.327 e. The summed E-state index contributed by atoms with van der Waals surface area (Å²) >= 11 is 0. The molecule has 0 saturated carbocycles. The molecule has 1 nitrogen and oxygen atoms in total. The fourth-order valence-electron chi connectivity index (χ4n) is 1.75. The van der Waals surface area contributed by atoms with Crippen LogP contribution < -0.4 is 0 Å². The van der Waals surface area contributed by atoms with E-state index in [1.165, 1.54) is 12.1 Å². The number of ketones is 1. The van der Waals surface area contributed by atoms with E-state index in [0.717, 1.165) is 30.6 Å². The summed E-state index contributed by atoms with van der Waals surface area (Å²) < 4.78 is 18.4. The van der Waals surface area contributed by atoms with Crippen LogP contribution in [0.5, 0.6) is 0 Å². The minimum Gasteiger partial charge on any atom is -0.255 e. The summed E-state index contributed by atoms with van der Waals surface area (Å²) in [5.74, 6) is 0.816. The molecule has 1 heterocycles. The van der Waals surface area contributed by atoms with E-state index >= 15 is 0 Å². The first-order valence-corrected chi connectivity index (χ1v) is 5.08. The third-order valence-electron chi connectivity index (χ3n) is 2.62. The van der Waals surface area contributed by atoms with E-state index < -0.39 is 0 Å². The Balaban J connectivity index is 2.20. The molecule has 0 aliphatic carbocycles. The monoisotopic (exact) mass is 193 g/mol. The van der Waals surface area contributed by atoms with Crippen molar-refractivity contribution in [3.05, 3.63) is 35.6 Å². The van der Waals surface area contributed by atoms with Crippen LogP contribution in [0.3, 0.4) is 0 Å². The fraction of sp³-hybridized carbons (Fsp3) is 0.417. The van der Waals surface area contributed by atoms with Crippen LogP contribution in [0.1, 0.15) is 36.2 Å². The van der Waals surface area contributed by atoms with Crippen molar-refractivity contribution in [3.8, 4) is 0 Å². The Morgan fingerprint density at radius 1 is 1.36 bits per heavy atom. The first-order valence-electron chi connectivity index (χ1n) is 5.08. The lowest BCUT2D eigenvalue weighted by molar-refractivity contribution is -0.315. The lowest BCUT2D eigenvalue weighted by Crippen LogP contribution is -1.96. The molecule has 1 aromatic carbocycles. The number of halogens is 1. The minimum atomic E-state index is -0.195. The Kier molecular flexibility index (Phi) is 2.62. The van der Waals surface area contributed by atoms with Crippen LogP contribution in [0.4, 0.5) is 4.39 Å². The second-order valence-electron chi connectivity index (χ2n) is 3.62. The van der Waals surface area contributed by atoms with E-state index in [0.29, 0.717) is 6.10 Å². The third-order valence-corrected chi connectivity index (χ3v) is 2.62.